The van der Waals surface area contributed by atoms with Crippen LogP contribution in [0.3, 0.4) is 0 Å². The fourth-order valence-corrected chi connectivity index (χ4v) is 1.35. The number of diazo groups is 1. The van der Waals surface area contributed by atoms with Crippen molar-refractivity contribution in [2.24, 2.45) is 0 Å². The van der Waals surface area contributed by atoms with Gasteiger partial charge in [0.2, 0.25) is 5.39 Å². The van der Waals surface area contributed by atoms with Crippen LogP contribution in [0.15, 0.2) is 42.0 Å². The van der Waals surface area contributed by atoms with Crippen molar-refractivity contribution in [1.29, 1.82) is 5.39 Å². The lowest BCUT2D eigenvalue weighted by molar-refractivity contribution is -0.0204. The lowest BCUT2D eigenvalue weighted by Crippen LogP contribution is -2.20. The molecule has 0 saturated carbocycles. The molecule has 1 rings (SSSR count). The zero-order chi connectivity index (χ0) is 13.8. The van der Waals surface area contributed by atoms with E-state index in [1.807, 2.05) is 0 Å². The van der Waals surface area contributed by atoms with E-state index in [1.54, 1.807) is 51.1 Å². The van der Waals surface area contributed by atoms with Crippen LogP contribution in [0.1, 0.15) is 32.4 Å². The van der Waals surface area contributed by atoms with Gasteiger partial charge >= 0.3 is 11.6 Å². The maximum Gasteiger partial charge on any atom is 0.472 e. The zero-order valence-corrected chi connectivity index (χ0v) is 10.7. The Morgan fingerprint density at radius 1 is 1.28 bits per heavy atom. The molecule has 5 nitrogen and oxygen atoms in total. The van der Waals surface area contributed by atoms with Crippen molar-refractivity contribution >= 4 is 0 Å². The topological polar surface area (TPSA) is 77.8 Å². The largest absolute Gasteiger partial charge is 0.475 e. The van der Waals surface area contributed by atoms with Gasteiger partial charge in [-0.25, -0.2) is 0 Å². The van der Waals surface area contributed by atoms with Gasteiger partial charge < -0.3 is 14.9 Å². The number of nitrogens with zero attached hydrogens (tertiary/aromatic N) is 2. The Kier molecular flexibility index (Phi) is 4.29. The number of aliphatic hydroxyl groups excluding tert-OH is 2. The molecule has 0 amide bonds. The van der Waals surface area contributed by atoms with E-state index in [9.17, 15) is 10.2 Å². The fraction of sp³-hybridized carbons (Fsp3) is 0.385. The van der Waals surface area contributed by atoms with Gasteiger partial charge in [-0.3, -0.25) is 0 Å². The third-order valence-corrected chi connectivity index (χ3v) is 2.10. The monoisotopic (exact) mass is 249 g/mol. The van der Waals surface area contributed by atoms with E-state index in [1.165, 1.54) is 0 Å². The maximum absolute atomic E-state index is 10.00. The summed E-state index contributed by atoms with van der Waals surface area (Å²) in [7, 11) is 0. The molecule has 0 radical (unpaired) electrons. The second-order valence-corrected chi connectivity index (χ2v) is 4.82. The van der Waals surface area contributed by atoms with Gasteiger partial charge in [0.1, 0.15) is 5.60 Å². The maximum atomic E-state index is 10.00. The highest BCUT2D eigenvalue weighted by atomic mass is 16.6. The highest BCUT2D eigenvalue weighted by Gasteiger charge is 2.33. The Morgan fingerprint density at radius 2 is 1.83 bits per heavy atom. The Morgan fingerprint density at radius 3 is 2.28 bits per heavy atom. The lowest BCUT2D eigenvalue weighted by atomic mass is 10.1. The molecule has 0 aliphatic rings. The van der Waals surface area contributed by atoms with E-state index in [4.69, 9.17) is 10.1 Å². The second-order valence-electron chi connectivity index (χ2n) is 4.82. The normalized spacial score (nSPS) is 14.4. The number of ether oxygens (including phenoxy) is 1. The number of aliphatic hydroxyl groups is 2. The van der Waals surface area contributed by atoms with Crippen LogP contribution in [0, 0.1) is 5.39 Å². The van der Waals surface area contributed by atoms with E-state index < -0.39 is 17.7 Å². The Balaban J connectivity index is 3.04. The summed E-state index contributed by atoms with van der Waals surface area (Å²) in [6.07, 6.45) is -1.25. The van der Waals surface area contributed by atoms with E-state index >= 15 is 0 Å². The first kappa shape index (κ1) is 14.0. The van der Waals surface area contributed by atoms with Crippen molar-refractivity contribution in [3.63, 3.8) is 0 Å². The second kappa shape index (κ2) is 5.52. The predicted molar refractivity (Wildman–Crippen MR) is 67.0 cm³/mol. The van der Waals surface area contributed by atoms with Crippen molar-refractivity contribution < 1.29 is 14.9 Å². The van der Waals surface area contributed by atoms with E-state index in [0.29, 0.717) is 5.56 Å². The van der Waals surface area contributed by atoms with Crippen molar-refractivity contribution in [2.75, 3.05) is 0 Å². The van der Waals surface area contributed by atoms with Crippen LogP contribution in [-0.2, 0) is 4.74 Å². The molecule has 0 spiro atoms. The molecule has 0 bridgehead atoms. The molecule has 0 aliphatic carbocycles. The summed E-state index contributed by atoms with van der Waals surface area (Å²) in [6.45, 7) is 5.19. The first-order valence-corrected chi connectivity index (χ1v) is 5.55. The molecule has 0 aromatic heterocycles. The molecule has 0 fully saturated rings. The highest BCUT2D eigenvalue weighted by Crippen LogP contribution is 2.26. The number of benzene rings is 1. The van der Waals surface area contributed by atoms with Crippen molar-refractivity contribution in [2.45, 2.75) is 32.5 Å². The third-order valence-electron chi connectivity index (χ3n) is 2.10. The van der Waals surface area contributed by atoms with Crippen LogP contribution in [0.4, 0.5) is 0 Å². The minimum atomic E-state index is -1.25. The molecular weight excluding hydrogens is 232 g/mol. The number of hydrogen-bond donors (Lipinski definition) is 2. The predicted octanol–water partition coefficient (Wildman–Crippen LogP) is 3.12. The molecule has 1 atom stereocenters. The van der Waals surface area contributed by atoms with Crippen LogP contribution < -0.4 is 0 Å². The van der Waals surface area contributed by atoms with E-state index in [0.717, 1.165) is 0 Å². The summed E-state index contributed by atoms with van der Waals surface area (Å²) >= 11 is 0. The van der Waals surface area contributed by atoms with Gasteiger partial charge in [-0.15, -0.1) is 0 Å². The minimum absolute atomic E-state index is 0.323. The molecule has 96 valence electrons. The van der Waals surface area contributed by atoms with Crippen LogP contribution in [0.2, 0.25) is 0 Å². The van der Waals surface area contributed by atoms with Gasteiger partial charge in [0.05, 0.1) is 0 Å². The smallest absolute Gasteiger partial charge is 0.472 e. The molecule has 1 aromatic rings. The third kappa shape index (κ3) is 3.75. The fourth-order valence-electron chi connectivity index (χ4n) is 1.35. The molecule has 1 aromatic carbocycles. The quantitative estimate of drug-likeness (QED) is 0.637. The van der Waals surface area contributed by atoms with Gasteiger partial charge in [0, 0.05) is 0 Å². The standard InChI is InChI=1S/C13H16N2O3/c1-13(2,3)18-12(17)10(15-14)11(16)9-7-5-4-6-8-9/h4-8,11,16H,1-3H3/p+1/b12-10-/t11-/m0/s1. The average Bonchev–Trinajstić information content (AvgIpc) is 2.28. The zero-order valence-electron chi connectivity index (χ0n) is 10.7. The van der Waals surface area contributed by atoms with Crippen LogP contribution in [0.25, 0.3) is 4.98 Å². The number of hydrogen-bond acceptors (Lipinski definition) is 4. The van der Waals surface area contributed by atoms with E-state index in [2.05, 4.69) is 4.98 Å². The van der Waals surface area contributed by atoms with Crippen LogP contribution >= 0.6 is 0 Å². The van der Waals surface area contributed by atoms with Gasteiger partial charge in [0.25, 0.3) is 0 Å². The molecule has 0 unspecified atom stereocenters. The summed E-state index contributed by atoms with van der Waals surface area (Å²) < 4.78 is 5.15. The minimum Gasteiger partial charge on any atom is -0.475 e. The Hall–Kier alpha value is -2.06. The summed E-state index contributed by atoms with van der Waals surface area (Å²) in [5, 5.41) is 28.6. The summed E-state index contributed by atoms with van der Waals surface area (Å²) in [6, 6.07) is 8.56. The Labute approximate surface area is 106 Å². The van der Waals surface area contributed by atoms with Crippen molar-refractivity contribution in [3.8, 4) is 0 Å². The summed E-state index contributed by atoms with van der Waals surface area (Å²) in [4.78, 5) is 2.90. The van der Waals surface area contributed by atoms with Crippen molar-refractivity contribution in [1.82, 2.24) is 0 Å². The van der Waals surface area contributed by atoms with Gasteiger partial charge in [-0.05, 0) is 26.3 Å². The molecule has 0 heterocycles. The van der Waals surface area contributed by atoms with Crippen molar-refractivity contribution in [3.05, 3.63) is 52.5 Å². The molecule has 0 aliphatic heterocycles. The molecular formula is C13H17N2O3+. The number of rotatable bonds is 3. The molecule has 2 N–H and O–H groups in total. The Bertz CT molecular complexity index is 469. The van der Waals surface area contributed by atoms with Crippen LogP contribution in [0.5, 0.6) is 0 Å². The van der Waals surface area contributed by atoms with Gasteiger partial charge in [-0.1, -0.05) is 30.3 Å². The van der Waals surface area contributed by atoms with Crippen LogP contribution in [-0.4, -0.2) is 15.8 Å². The molecule has 18 heavy (non-hydrogen) atoms. The SMILES string of the molecule is CC(C)(C)O/C(O)=C(\[N+]#N)[C@@H](O)c1ccccc1. The first-order valence-electron chi connectivity index (χ1n) is 5.55. The molecule has 0 saturated heterocycles. The first-order chi connectivity index (χ1) is 8.35. The summed E-state index contributed by atoms with van der Waals surface area (Å²) in [5.74, 6) is -0.596. The van der Waals surface area contributed by atoms with E-state index in [-0.39, 0.29) is 5.70 Å². The summed E-state index contributed by atoms with van der Waals surface area (Å²) in [5.41, 5.74) is -0.485. The molecule has 5 heteroatoms. The van der Waals surface area contributed by atoms with Gasteiger partial charge in [0.15, 0.2) is 11.1 Å². The van der Waals surface area contributed by atoms with Gasteiger partial charge in [-0.2, -0.15) is 0 Å². The average molecular weight is 249 g/mol. The lowest BCUT2D eigenvalue weighted by Gasteiger charge is -2.19. The highest BCUT2D eigenvalue weighted by molar-refractivity contribution is 5.28.